The number of rotatable bonds is 2. The molecule has 0 bridgehead atoms. The molecule has 1 unspecified atom stereocenters. The van der Waals surface area contributed by atoms with Crippen LogP contribution in [0, 0.1) is 34.6 Å². The highest BCUT2D eigenvalue weighted by Crippen LogP contribution is 2.27. The molecule has 2 N–H and O–H groups in total. The molecule has 2 rings (SSSR count). The van der Waals surface area contributed by atoms with Crippen LogP contribution in [-0.4, -0.2) is 0 Å². The SMILES string of the molecule is Cc1ccc(C(N)c2cc(C)c(C)cc2C)c(C)c1. The average Bonchev–Trinajstić information content (AvgIpc) is 2.33. The largest absolute Gasteiger partial charge is 0.320 e. The summed E-state index contributed by atoms with van der Waals surface area (Å²) in [6.07, 6.45) is 0. The summed E-state index contributed by atoms with van der Waals surface area (Å²) in [5, 5.41) is 0. The molecule has 1 atom stereocenters. The van der Waals surface area contributed by atoms with Crippen molar-refractivity contribution in [2.45, 2.75) is 40.7 Å². The van der Waals surface area contributed by atoms with Crippen molar-refractivity contribution in [1.29, 1.82) is 0 Å². The molecule has 0 aliphatic rings. The average molecular weight is 253 g/mol. The molecule has 1 heteroatoms. The van der Waals surface area contributed by atoms with Crippen LogP contribution in [0.1, 0.15) is 45.0 Å². The quantitative estimate of drug-likeness (QED) is 0.849. The Balaban J connectivity index is 2.49. The van der Waals surface area contributed by atoms with E-state index in [9.17, 15) is 0 Å². The van der Waals surface area contributed by atoms with Crippen molar-refractivity contribution in [3.8, 4) is 0 Å². The van der Waals surface area contributed by atoms with Crippen molar-refractivity contribution >= 4 is 0 Å². The van der Waals surface area contributed by atoms with Gasteiger partial charge in [0.25, 0.3) is 0 Å². The molecule has 0 aliphatic heterocycles. The Morgan fingerprint density at radius 2 is 1.26 bits per heavy atom. The second kappa shape index (κ2) is 5.18. The molecular weight excluding hydrogens is 230 g/mol. The van der Waals surface area contributed by atoms with Gasteiger partial charge in [0, 0.05) is 0 Å². The fourth-order valence-electron chi connectivity index (χ4n) is 2.66. The van der Waals surface area contributed by atoms with Gasteiger partial charge in [0.1, 0.15) is 0 Å². The van der Waals surface area contributed by atoms with Gasteiger partial charge < -0.3 is 5.73 Å². The van der Waals surface area contributed by atoms with E-state index in [1.165, 1.54) is 38.9 Å². The lowest BCUT2D eigenvalue weighted by Gasteiger charge is -2.19. The van der Waals surface area contributed by atoms with E-state index >= 15 is 0 Å². The Morgan fingerprint density at radius 3 is 1.89 bits per heavy atom. The molecule has 0 aromatic heterocycles. The van der Waals surface area contributed by atoms with E-state index in [4.69, 9.17) is 5.73 Å². The predicted molar refractivity (Wildman–Crippen MR) is 82.6 cm³/mol. The molecule has 0 amide bonds. The van der Waals surface area contributed by atoms with E-state index in [-0.39, 0.29) is 6.04 Å². The number of aryl methyl sites for hydroxylation is 5. The third kappa shape index (κ3) is 2.71. The van der Waals surface area contributed by atoms with Crippen molar-refractivity contribution in [3.63, 3.8) is 0 Å². The predicted octanol–water partition coefficient (Wildman–Crippen LogP) is 4.28. The van der Waals surface area contributed by atoms with Gasteiger partial charge in [0.15, 0.2) is 0 Å². The second-order valence-corrected chi connectivity index (χ2v) is 5.63. The van der Waals surface area contributed by atoms with Gasteiger partial charge >= 0.3 is 0 Å². The first-order valence-electron chi connectivity index (χ1n) is 6.80. The number of nitrogens with two attached hydrogens (primary N) is 1. The Hall–Kier alpha value is -1.60. The van der Waals surface area contributed by atoms with E-state index in [0.29, 0.717) is 0 Å². The van der Waals surface area contributed by atoms with Gasteiger partial charge in [-0.05, 0) is 68.0 Å². The topological polar surface area (TPSA) is 26.0 Å². The lowest BCUT2D eigenvalue weighted by molar-refractivity contribution is 0.848. The van der Waals surface area contributed by atoms with Crippen molar-refractivity contribution in [2.24, 2.45) is 5.73 Å². The highest BCUT2D eigenvalue weighted by molar-refractivity contribution is 5.44. The molecular formula is C18H23N. The van der Waals surface area contributed by atoms with Gasteiger partial charge in [-0.1, -0.05) is 35.9 Å². The van der Waals surface area contributed by atoms with Crippen LogP contribution in [0.15, 0.2) is 30.3 Å². The maximum atomic E-state index is 6.49. The zero-order valence-electron chi connectivity index (χ0n) is 12.5. The Kier molecular flexibility index (Phi) is 3.77. The Labute approximate surface area is 116 Å². The van der Waals surface area contributed by atoms with Gasteiger partial charge in [-0.25, -0.2) is 0 Å². The van der Waals surface area contributed by atoms with Gasteiger partial charge in [-0.15, -0.1) is 0 Å². The highest BCUT2D eigenvalue weighted by Gasteiger charge is 2.14. The summed E-state index contributed by atoms with van der Waals surface area (Å²) in [6.45, 7) is 10.7. The van der Waals surface area contributed by atoms with E-state index in [0.717, 1.165) is 0 Å². The molecule has 0 spiro atoms. The van der Waals surface area contributed by atoms with Crippen LogP contribution >= 0.6 is 0 Å². The lowest BCUT2D eigenvalue weighted by Crippen LogP contribution is -2.15. The summed E-state index contributed by atoms with van der Waals surface area (Å²) < 4.78 is 0. The van der Waals surface area contributed by atoms with Crippen LogP contribution in [-0.2, 0) is 0 Å². The van der Waals surface area contributed by atoms with Gasteiger partial charge in [-0.3, -0.25) is 0 Å². The highest BCUT2D eigenvalue weighted by atomic mass is 14.6. The van der Waals surface area contributed by atoms with Crippen molar-refractivity contribution < 1.29 is 0 Å². The number of hydrogen-bond acceptors (Lipinski definition) is 1. The molecule has 0 saturated carbocycles. The standard InChI is InChI=1S/C18H23N/c1-11-6-7-16(14(4)8-11)18(19)17-10-13(3)12(2)9-15(17)5/h6-10,18H,19H2,1-5H3. The normalized spacial score (nSPS) is 12.5. The molecule has 1 nitrogen and oxygen atoms in total. The Bertz CT molecular complexity index is 611. The third-order valence-corrected chi connectivity index (χ3v) is 3.98. The summed E-state index contributed by atoms with van der Waals surface area (Å²) in [4.78, 5) is 0. The van der Waals surface area contributed by atoms with Crippen LogP contribution < -0.4 is 5.73 Å². The molecule has 2 aromatic rings. The van der Waals surface area contributed by atoms with Crippen molar-refractivity contribution in [3.05, 3.63) is 69.3 Å². The molecule has 2 aromatic carbocycles. The zero-order valence-corrected chi connectivity index (χ0v) is 12.5. The van der Waals surface area contributed by atoms with Crippen LogP contribution in [0.25, 0.3) is 0 Å². The summed E-state index contributed by atoms with van der Waals surface area (Å²) in [7, 11) is 0. The maximum Gasteiger partial charge on any atom is 0.0556 e. The van der Waals surface area contributed by atoms with Crippen LogP contribution in [0.3, 0.4) is 0 Å². The lowest BCUT2D eigenvalue weighted by atomic mass is 9.90. The summed E-state index contributed by atoms with van der Waals surface area (Å²) >= 11 is 0. The number of benzene rings is 2. The van der Waals surface area contributed by atoms with Crippen LogP contribution in [0.4, 0.5) is 0 Å². The first kappa shape index (κ1) is 13.8. The molecule has 0 fully saturated rings. The molecule has 0 saturated heterocycles. The van der Waals surface area contributed by atoms with Gasteiger partial charge in [-0.2, -0.15) is 0 Å². The fourth-order valence-corrected chi connectivity index (χ4v) is 2.66. The van der Waals surface area contributed by atoms with E-state index in [1.54, 1.807) is 0 Å². The molecule has 0 aliphatic carbocycles. The summed E-state index contributed by atoms with van der Waals surface area (Å²) in [5.74, 6) is 0. The van der Waals surface area contributed by atoms with E-state index in [1.807, 2.05) is 0 Å². The van der Waals surface area contributed by atoms with Crippen LogP contribution in [0.5, 0.6) is 0 Å². The van der Waals surface area contributed by atoms with E-state index in [2.05, 4.69) is 65.0 Å². The first-order chi connectivity index (χ1) is 8.90. The van der Waals surface area contributed by atoms with Crippen molar-refractivity contribution in [2.75, 3.05) is 0 Å². The minimum atomic E-state index is -0.0418. The molecule has 0 heterocycles. The van der Waals surface area contributed by atoms with Gasteiger partial charge in [0.2, 0.25) is 0 Å². The summed E-state index contributed by atoms with van der Waals surface area (Å²) in [6, 6.07) is 10.9. The third-order valence-electron chi connectivity index (χ3n) is 3.98. The smallest absolute Gasteiger partial charge is 0.0556 e. The van der Waals surface area contributed by atoms with Gasteiger partial charge in [0.05, 0.1) is 6.04 Å². The fraction of sp³-hybridized carbons (Fsp3) is 0.333. The maximum absolute atomic E-state index is 6.49. The monoisotopic (exact) mass is 253 g/mol. The minimum absolute atomic E-state index is 0.0418. The van der Waals surface area contributed by atoms with E-state index < -0.39 is 0 Å². The number of hydrogen-bond donors (Lipinski definition) is 1. The first-order valence-corrected chi connectivity index (χ1v) is 6.80. The molecule has 0 radical (unpaired) electrons. The zero-order chi connectivity index (χ0) is 14.2. The summed E-state index contributed by atoms with van der Waals surface area (Å²) in [5.41, 5.74) is 15.4. The minimum Gasteiger partial charge on any atom is -0.320 e. The van der Waals surface area contributed by atoms with Crippen LogP contribution in [0.2, 0.25) is 0 Å². The molecule has 100 valence electrons. The second-order valence-electron chi connectivity index (χ2n) is 5.63. The van der Waals surface area contributed by atoms with Crippen molar-refractivity contribution in [1.82, 2.24) is 0 Å². The Morgan fingerprint density at radius 1 is 0.684 bits per heavy atom. The molecule has 19 heavy (non-hydrogen) atoms.